The van der Waals surface area contributed by atoms with Crippen molar-refractivity contribution >= 4 is 23.4 Å². The molecule has 16 heavy (non-hydrogen) atoms. The van der Waals surface area contributed by atoms with Crippen LogP contribution in [0.25, 0.3) is 0 Å². The minimum absolute atomic E-state index is 0.200. The summed E-state index contributed by atoms with van der Waals surface area (Å²) < 4.78 is 17.0. The quantitative estimate of drug-likeness (QED) is 0.463. The van der Waals surface area contributed by atoms with E-state index in [1.54, 1.807) is 0 Å². The summed E-state index contributed by atoms with van der Waals surface area (Å²) in [6, 6.07) is 4.97. The molecule has 3 nitrogen and oxygen atoms in total. The summed E-state index contributed by atoms with van der Waals surface area (Å²) in [6.45, 7) is 0. The summed E-state index contributed by atoms with van der Waals surface area (Å²) in [5.74, 6) is -1.42. The molecule has 0 aliphatic rings. The third-order valence-electron chi connectivity index (χ3n) is 1.99. The van der Waals surface area contributed by atoms with Crippen LogP contribution in [0.5, 0.6) is 0 Å². The zero-order chi connectivity index (χ0) is 12.1. The number of esters is 1. The van der Waals surface area contributed by atoms with Crippen molar-refractivity contribution in [2.24, 2.45) is 0 Å². The van der Waals surface area contributed by atoms with E-state index < -0.39 is 22.9 Å². The molecule has 0 heterocycles. The fourth-order valence-corrected chi connectivity index (χ4v) is 1.37. The zero-order valence-corrected chi connectivity index (χ0v) is 9.33. The Bertz CT molecular complexity index is 389. The van der Waals surface area contributed by atoms with Crippen LogP contribution in [0.1, 0.15) is 16.8 Å². The highest BCUT2D eigenvalue weighted by molar-refractivity contribution is 6.34. The number of ether oxygens (including phenoxy) is 1. The highest BCUT2D eigenvalue weighted by Crippen LogP contribution is 2.13. The molecule has 1 rings (SSSR count). The first kappa shape index (κ1) is 12.6. The second-order valence-corrected chi connectivity index (χ2v) is 3.65. The van der Waals surface area contributed by atoms with Gasteiger partial charge < -0.3 is 4.74 Å². The lowest BCUT2D eigenvalue weighted by atomic mass is 10.1. The van der Waals surface area contributed by atoms with Crippen LogP contribution >= 0.6 is 11.6 Å². The molecule has 0 spiro atoms. The Balaban J connectivity index is 2.70. The van der Waals surface area contributed by atoms with Gasteiger partial charge in [-0.1, -0.05) is 0 Å². The van der Waals surface area contributed by atoms with Crippen LogP contribution in [-0.2, 0) is 9.53 Å². The van der Waals surface area contributed by atoms with Crippen molar-refractivity contribution in [2.45, 2.75) is 11.8 Å². The average molecular weight is 245 g/mol. The third-order valence-corrected chi connectivity index (χ3v) is 2.34. The van der Waals surface area contributed by atoms with Gasteiger partial charge in [0.2, 0.25) is 0 Å². The Kier molecular flexibility index (Phi) is 4.43. The molecule has 86 valence electrons. The first-order valence-electron chi connectivity index (χ1n) is 4.55. The number of hydrogen-bond acceptors (Lipinski definition) is 3. The van der Waals surface area contributed by atoms with Gasteiger partial charge in [0.1, 0.15) is 11.2 Å². The van der Waals surface area contributed by atoms with E-state index in [-0.39, 0.29) is 12.0 Å². The molecule has 0 aromatic heterocycles. The molecular weight excluding hydrogens is 235 g/mol. The van der Waals surface area contributed by atoms with Crippen LogP contribution in [0, 0.1) is 5.82 Å². The molecule has 0 aliphatic carbocycles. The van der Waals surface area contributed by atoms with E-state index in [1.165, 1.54) is 19.2 Å². The maximum absolute atomic E-state index is 12.6. The maximum Gasteiger partial charge on any atom is 0.307 e. The SMILES string of the molecule is COC(=O)CC(Cl)C(=O)c1ccc(F)cc1. The Morgan fingerprint density at radius 2 is 1.94 bits per heavy atom. The third kappa shape index (κ3) is 3.31. The molecule has 1 atom stereocenters. The Morgan fingerprint density at radius 3 is 2.44 bits per heavy atom. The minimum atomic E-state index is -0.988. The summed E-state index contributed by atoms with van der Waals surface area (Å²) >= 11 is 5.74. The number of benzene rings is 1. The molecule has 1 aromatic carbocycles. The van der Waals surface area contributed by atoms with Crippen molar-refractivity contribution < 1.29 is 18.7 Å². The van der Waals surface area contributed by atoms with E-state index in [1.807, 2.05) is 0 Å². The zero-order valence-electron chi connectivity index (χ0n) is 8.57. The number of halogens is 2. The van der Waals surface area contributed by atoms with Crippen LogP contribution in [0.2, 0.25) is 0 Å². The van der Waals surface area contributed by atoms with Gasteiger partial charge in [0.25, 0.3) is 0 Å². The normalized spacial score (nSPS) is 11.9. The predicted molar refractivity (Wildman–Crippen MR) is 57.0 cm³/mol. The van der Waals surface area contributed by atoms with Crippen LogP contribution < -0.4 is 0 Å². The fourth-order valence-electron chi connectivity index (χ4n) is 1.12. The summed E-state index contributed by atoms with van der Waals surface area (Å²) in [5, 5.41) is -0.988. The molecule has 1 aromatic rings. The lowest BCUT2D eigenvalue weighted by Gasteiger charge is -2.06. The summed E-state index contributed by atoms with van der Waals surface area (Å²) in [7, 11) is 1.22. The molecule has 5 heteroatoms. The molecule has 0 N–H and O–H groups in total. The van der Waals surface area contributed by atoms with Crippen molar-refractivity contribution in [1.29, 1.82) is 0 Å². The van der Waals surface area contributed by atoms with Gasteiger partial charge >= 0.3 is 5.97 Å². The van der Waals surface area contributed by atoms with Crippen molar-refractivity contribution in [3.8, 4) is 0 Å². The van der Waals surface area contributed by atoms with Gasteiger partial charge in [-0.25, -0.2) is 4.39 Å². The van der Waals surface area contributed by atoms with E-state index in [0.29, 0.717) is 0 Å². The molecule has 1 unspecified atom stereocenters. The van der Waals surface area contributed by atoms with E-state index in [9.17, 15) is 14.0 Å². The number of hydrogen-bond donors (Lipinski definition) is 0. The molecule has 0 amide bonds. The van der Waals surface area contributed by atoms with E-state index >= 15 is 0 Å². The van der Waals surface area contributed by atoms with Crippen LogP contribution in [0.3, 0.4) is 0 Å². The van der Waals surface area contributed by atoms with Gasteiger partial charge in [0, 0.05) is 5.56 Å². The topological polar surface area (TPSA) is 43.4 Å². The summed E-state index contributed by atoms with van der Waals surface area (Å²) in [4.78, 5) is 22.5. The molecule has 0 fully saturated rings. The standard InChI is InChI=1S/C11H10ClFO3/c1-16-10(14)6-9(12)11(15)7-2-4-8(13)5-3-7/h2-5,9H,6H2,1H3. The molecule has 0 radical (unpaired) electrons. The summed E-state index contributed by atoms with van der Waals surface area (Å²) in [5.41, 5.74) is 0.269. The smallest absolute Gasteiger partial charge is 0.307 e. The van der Waals surface area contributed by atoms with Crippen molar-refractivity contribution in [2.75, 3.05) is 7.11 Å². The predicted octanol–water partition coefficient (Wildman–Crippen LogP) is 2.18. The maximum atomic E-state index is 12.6. The van der Waals surface area contributed by atoms with Gasteiger partial charge in [0.05, 0.1) is 13.5 Å². The second kappa shape index (κ2) is 5.61. The molecule has 0 aliphatic heterocycles. The number of rotatable bonds is 4. The Hall–Kier alpha value is -1.42. The average Bonchev–Trinajstić information content (AvgIpc) is 2.28. The van der Waals surface area contributed by atoms with Gasteiger partial charge in [-0.3, -0.25) is 9.59 Å². The highest BCUT2D eigenvalue weighted by atomic mass is 35.5. The number of ketones is 1. The van der Waals surface area contributed by atoms with Gasteiger partial charge in [-0.2, -0.15) is 0 Å². The summed E-state index contributed by atoms with van der Waals surface area (Å²) in [6.07, 6.45) is -0.200. The van der Waals surface area contributed by atoms with Crippen LogP contribution in [-0.4, -0.2) is 24.2 Å². The Morgan fingerprint density at radius 1 is 1.38 bits per heavy atom. The molecular formula is C11H10ClFO3. The Labute approximate surface area is 97.2 Å². The number of Topliss-reactive ketones (excluding diaryl/α,β-unsaturated/α-hetero) is 1. The van der Waals surface area contributed by atoms with Crippen molar-refractivity contribution in [3.63, 3.8) is 0 Å². The van der Waals surface area contributed by atoms with E-state index in [2.05, 4.69) is 4.74 Å². The van der Waals surface area contributed by atoms with E-state index in [4.69, 9.17) is 11.6 Å². The number of methoxy groups -OCH3 is 1. The fraction of sp³-hybridized carbons (Fsp3) is 0.273. The second-order valence-electron chi connectivity index (χ2n) is 3.12. The van der Waals surface area contributed by atoms with Crippen LogP contribution in [0.15, 0.2) is 24.3 Å². The number of carbonyl (C=O) groups excluding carboxylic acids is 2. The lowest BCUT2D eigenvalue weighted by Crippen LogP contribution is -2.19. The molecule has 0 saturated carbocycles. The minimum Gasteiger partial charge on any atom is -0.469 e. The van der Waals surface area contributed by atoms with Gasteiger partial charge in [0.15, 0.2) is 5.78 Å². The largest absolute Gasteiger partial charge is 0.469 e. The van der Waals surface area contributed by atoms with Crippen LogP contribution in [0.4, 0.5) is 4.39 Å². The first-order valence-corrected chi connectivity index (χ1v) is 4.99. The highest BCUT2D eigenvalue weighted by Gasteiger charge is 2.20. The number of alkyl halides is 1. The monoisotopic (exact) mass is 244 g/mol. The first-order chi connectivity index (χ1) is 7.54. The van der Waals surface area contributed by atoms with Crippen molar-refractivity contribution in [3.05, 3.63) is 35.6 Å². The van der Waals surface area contributed by atoms with Gasteiger partial charge in [-0.15, -0.1) is 11.6 Å². The molecule has 0 bridgehead atoms. The number of carbonyl (C=O) groups is 2. The van der Waals surface area contributed by atoms with Gasteiger partial charge in [-0.05, 0) is 24.3 Å². The van der Waals surface area contributed by atoms with E-state index in [0.717, 1.165) is 12.1 Å². The molecule has 0 saturated heterocycles. The lowest BCUT2D eigenvalue weighted by molar-refractivity contribution is -0.140. The van der Waals surface area contributed by atoms with Crippen molar-refractivity contribution in [1.82, 2.24) is 0 Å².